The molecule has 2 heterocycles. The second-order valence-electron chi connectivity index (χ2n) is 5.74. The Bertz CT molecular complexity index is 883. The fourth-order valence-electron chi connectivity index (χ4n) is 2.74. The van der Waals surface area contributed by atoms with Crippen LogP contribution in [0.3, 0.4) is 0 Å². The Hall–Kier alpha value is -2.95. The first kappa shape index (κ1) is 14.6. The van der Waals surface area contributed by atoms with Crippen LogP contribution in [-0.2, 0) is 6.42 Å². The van der Waals surface area contributed by atoms with E-state index in [9.17, 15) is 4.39 Å². The molecule has 0 spiro atoms. The molecule has 0 aliphatic carbocycles. The van der Waals surface area contributed by atoms with Crippen LogP contribution in [0.25, 0.3) is 6.08 Å². The first-order chi connectivity index (χ1) is 11.7. The summed E-state index contributed by atoms with van der Waals surface area (Å²) < 4.78 is 23.9. The van der Waals surface area contributed by atoms with E-state index in [4.69, 9.17) is 9.47 Å². The zero-order chi connectivity index (χ0) is 16.5. The number of rotatable bonds is 2. The highest BCUT2D eigenvalue weighted by atomic mass is 19.1. The third kappa shape index (κ3) is 2.80. The number of ether oxygens (including phenoxy) is 2. The van der Waals surface area contributed by atoms with Gasteiger partial charge in [-0.1, -0.05) is 18.2 Å². The molecule has 0 amide bonds. The molecule has 2 aliphatic heterocycles. The van der Waals surface area contributed by atoms with E-state index < -0.39 is 0 Å². The van der Waals surface area contributed by atoms with Gasteiger partial charge >= 0.3 is 0 Å². The van der Waals surface area contributed by atoms with E-state index >= 15 is 0 Å². The van der Waals surface area contributed by atoms with E-state index in [0.29, 0.717) is 6.42 Å². The van der Waals surface area contributed by atoms with Crippen LogP contribution in [0.2, 0.25) is 0 Å². The third-order valence-corrected chi connectivity index (χ3v) is 3.95. The average molecular weight is 322 g/mol. The van der Waals surface area contributed by atoms with Crippen LogP contribution in [0.5, 0.6) is 11.5 Å². The Morgan fingerprint density at radius 2 is 1.75 bits per heavy atom. The first-order valence-corrected chi connectivity index (χ1v) is 7.67. The zero-order valence-corrected chi connectivity index (χ0v) is 13.1. The highest BCUT2D eigenvalue weighted by Gasteiger charge is 2.20. The van der Waals surface area contributed by atoms with Crippen molar-refractivity contribution in [2.24, 2.45) is 10.2 Å². The standard InChI is InChI=1S/C19H15FN2O2/c1-12-8-14-9-18-19(24-11-23-18)10-16(14)17(22-21-12)7-4-13-2-5-15(20)6-3-13/h2-7,9-10H,8,11H2,1H3. The number of nitrogens with zero attached hydrogens (tertiary/aromatic N) is 2. The first-order valence-electron chi connectivity index (χ1n) is 7.67. The largest absolute Gasteiger partial charge is 0.454 e. The maximum absolute atomic E-state index is 13.0. The van der Waals surface area contributed by atoms with Crippen molar-refractivity contribution in [3.63, 3.8) is 0 Å². The van der Waals surface area contributed by atoms with Crippen molar-refractivity contribution in [3.05, 3.63) is 65.0 Å². The summed E-state index contributed by atoms with van der Waals surface area (Å²) in [5.74, 6) is 1.22. The molecule has 0 saturated heterocycles. The molecule has 0 bridgehead atoms. The molecule has 120 valence electrons. The number of hydrogen-bond acceptors (Lipinski definition) is 4. The summed E-state index contributed by atoms with van der Waals surface area (Å²) in [6.45, 7) is 2.19. The van der Waals surface area contributed by atoms with Gasteiger partial charge in [-0.25, -0.2) is 4.39 Å². The van der Waals surface area contributed by atoms with Crippen LogP contribution in [0.4, 0.5) is 4.39 Å². The second-order valence-corrected chi connectivity index (χ2v) is 5.74. The number of fused-ring (bicyclic) bond motifs is 2. The highest BCUT2D eigenvalue weighted by Crippen LogP contribution is 2.36. The Kier molecular flexibility index (Phi) is 3.61. The van der Waals surface area contributed by atoms with Gasteiger partial charge in [0.05, 0.1) is 5.71 Å². The third-order valence-electron chi connectivity index (χ3n) is 3.95. The van der Waals surface area contributed by atoms with Gasteiger partial charge in [-0.05, 0) is 48.4 Å². The monoisotopic (exact) mass is 322 g/mol. The predicted octanol–water partition coefficient (Wildman–Crippen LogP) is 3.99. The average Bonchev–Trinajstić information content (AvgIpc) is 2.97. The summed E-state index contributed by atoms with van der Waals surface area (Å²) in [4.78, 5) is 0. The summed E-state index contributed by atoms with van der Waals surface area (Å²) in [5.41, 5.74) is 4.63. The van der Waals surface area contributed by atoms with Gasteiger partial charge in [-0.3, -0.25) is 0 Å². The lowest BCUT2D eigenvalue weighted by molar-refractivity contribution is 0.174. The van der Waals surface area contributed by atoms with E-state index in [-0.39, 0.29) is 12.6 Å². The normalized spacial score (nSPS) is 15.8. The van der Waals surface area contributed by atoms with Gasteiger partial charge in [0.25, 0.3) is 0 Å². The van der Waals surface area contributed by atoms with Crippen LogP contribution in [0.15, 0.2) is 52.7 Å². The number of allylic oxidation sites excluding steroid dienone is 1. The summed E-state index contributed by atoms with van der Waals surface area (Å²) >= 11 is 0. The second kappa shape index (κ2) is 5.92. The molecule has 0 saturated carbocycles. The molecule has 0 aromatic heterocycles. The maximum atomic E-state index is 13.0. The van der Waals surface area contributed by atoms with Crippen molar-refractivity contribution in [2.75, 3.05) is 6.79 Å². The predicted molar refractivity (Wildman–Crippen MR) is 91.3 cm³/mol. The molecule has 24 heavy (non-hydrogen) atoms. The van der Waals surface area contributed by atoms with Crippen molar-refractivity contribution in [2.45, 2.75) is 13.3 Å². The highest BCUT2D eigenvalue weighted by molar-refractivity contribution is 6.13. The van der Waals surface area contributed by atoms with Crippen LogP contribution in [0.1, 0.15) is 23.6 Å². The molecule has 0 atom stereocenters. The fourth-order valence-corrected chi connectivity index (χ4v) is 2.74. The van der Waals surface area contributed by atoms with E-state index in [0.717, 1.165) is 39.6 Å². The van der Waals surface area contributed by atoms with Crippen molar-refractivity contribution in [3.8, 4) is 11.5 Å². The van der Waals surface area contributed by atoms with E-state index in [1.165, 1.54) is 12.1 Å². The minimum Gasteiger partial charge on any atom is -0.454 e. The Morgan fingerprint density at radius 3 is 2.54 bits per heavy atom. The van der Waals surface area contributed by atoms with E-state index in [1.807, 2.05) is 31.2 Å². The quantitative estimate of drug-likeness (QED) is 0.839. The van der Waals surface area contributed by atoms with Gasteiger partial charge in [-0.15, -0.1) is 0 Å². The van der Waals surface area contributed by atoms with Crippen molar-refractivity contribution < 1.29 is 13.9 Å². The topological polar surface area (TPSA) is 43.2 Å². The lowest BCUT2D eigenvalue weighted by Crippen LogP contribution is -2.03. The zero-order valence-electron chi connectivity index (χ0n) is 13.1. The Morgan fingerprint density at radius 1 is 1.00 bits per heavy atom. The number of halogens is 1. The number of benzene rings is 2. The van der Waals surface area contributed by atoms with Crippen molar-refractivity contribution >= 4 is 17.5 Å². The van der Waals surface area contributed by atoms with Gasteiger partial charge in [-0.2, -0.15) is 10.2 Å². The maximum Gasteiger partial charge on any atom is 0.231 e. The minimum absolute atomic E-state index is 0.239. The molecule has 0 radical (unpaired) electrons. The molecule has 0 fully saturated rings. The Balaban J connectivity index is 1.74. The summed E-state index contributed by atoms with van der Waals surface area (Å²) in [6.07, 6.45) is 4.49. The molecular weight excluding hydrogens is 307 g/mol. The molecule has 0 N–H and O–H groups in total. The van der Waals surface area contributed by atoms with Crippen LogP contribution in [0, 0.1) is 5.82 Å². The van der Waals surface area contributed by atoms with Crippen molar-refractivity contribution in [1.82, 2.24) is 0 Å². The summed E-state index contributed by atoms with van der Waals surface area (Å²) in [7, 11) is 0. The van der Waals surface area contributed by atoms with E-state index in [1.54, 1.807) is 12.1 Å². The number of hydrogen-bond donors (Lipinski definition) is 0. The molecule has 4 rings (SSSR count). The lowest BCUT2D eigenvalue weighted by atomic mass is 9.97. The molecule has 4 nitrogen and oxygen atoms in total. The van der Waals surface area contributed by atoms with E-state index in [2.05, 4.69) is 10.2 Å². The molecule has 5 heteroatoms. The smallest absolute Gasteiger partial charge is 0.231 e. The summed E-state index contributed by atoms with van der Waals surface area (Å²) in [6, 6.07) is 10.2. The SMILES string of the molecule is CC1=NN=C(C=Cc2ccc(F)cc2)c2cc3c(cc2C1)OCO3. The van der Waals surface area contributed by atoms with Crippen LogP contribution < -0.4 is 9.47 Å². The van der Waals surface area contributed by atoms with Gasteiger partial charge in [0.15, 0.2) is 11.5 Å². The van der Waals surface area contributed by atoms with Gasteiger partial charge in [0.1, 0.15) is 5.82 Å². The molecule has 2 aromatic rings. The fraction of sp³-hybridized carbons (Fsp3) is 0.158. The minimum atomic E-state index is -0.253. The lowest BCUT2D eigenvalue weighted by Gasteiger charge is -2.08. The Labute approximate surface area is 138 Å². The molecule has 2 aromatic carbocycles. The summed E-state index contributed by atoms with van der Waals surface area (Å²) in [5, 5.41) is 8.61. The van der Waals surface area contributed by atoms with Crippen molar-refractivity contribution in [1.29, 1.82) is 0 Å². The van der Waals surface area contributed by atoms with Gasteiger partial charge in [0, 0.05) is 17.7 Å². The van der Waals surface area contributed by atoms with Crippen LogP contribution >= 0.6 is 0 Å². The van der Waals surface area contributed by atoms with Gasteiger partial charge in [0.2, 0.25) is 6.79 Å². The van der Waals surface area contributed by atoms with Gasteiger partial charge < -0.3 is 9.47 Å². The van der Waals surface area contributed by atoms with Crippen LogP contribution in [-0.4, -0.2) is 18.2 Å². The molecule has 0 unspecified atom stereocenters. The molecule has 2 aliphatic rings. The molecular formula is C19H15FN2O2.